The molecule has 1 amide bonds. The van der Waals surface area contributed by atoms with E-state index in [2.05, 4.69) is 43.3 Å². The zero-order valence-corrected chi connectivity index (χ0v) is 15.8. The first-order chi connectivity index (χ1) is 12.2. The summed E-state index contributed by atoms with van der Waals surface area (Å²) in [5.74, 6) is 0.736. The lowest BCUT2D eigenvalue weighted by Gasteiger charge is -2.28. The third-order valence-electron chi connectivity index (χ3n) is 4.51. The van der Waals surface area contributed by atoms with E-state index in [0.717, 1.165) is 23.3 Å². The Bertz CT molecular complexity index is 715. The highest BCUT2D eigenvalue weighted by molar-refractivity contribution is 9.10. The summed E-state index contributed by atoms with van der Waals surface area (Å²) in [6, 6.07) is 10.0. The summed E-state index contributed by atoms with van der Waals surface area (Å²) in [6.45, 7) is 2.69. The minimum Gasteiger partial charge on any atom is -0.497 e. The molecule has 2 heterocycles. The molecule has 0 spiro atoms. The second kappa shape index (κ2) is 8.45. The van der Waals surface area contributed by atoms with Crippen molar-refractivity contribution in [2.24, 2.45) is 0 Å². The van der Waals surface area contributed by atoms with Crippen LogP contribution >= 0.6 is 15.9 Å². The van der Waals surface area contributed by atoms with Crippen LogP contribution in [0.3, 0.4) is 0 Å². The van der Waals surface area contributed by atoms with Crippen LogP contribution < -0.4 is 10.1 Å². The molecule has 0 radical (unpaired) electrons. The van der Waals surface area contributed by atoms with Crippen LogP contribution in [-0.4, -0.2) is 42.5 Å². The van der Waals surface area contributed by atoms with Crippen molar-refractivity contribution in [3.63, 3.8) is 0 Å². The summed E-state index contributed by atoms with van der Waals surface area (Å²) in [5.41, 5.74) is 1.75. The van der Waals surface area contributed by atoms with Gasteiger partial charge in [0.15, 0.2) is 0 Å². The van der Waals surface area contributed by atoms with Crippen LogP contribution in [0.1, 0.15) is 34.8 Å². The fourth-order valence-corrected chi connectivity index (χ4v) is 3.53. The van der Waals surface area contributed by atoms with Crippen molar-refractivity contribution in [1.82, 2.24) is 15.2 Å². The standard InChI is InChI=1S/C19H22BrN3O2/c1-25-17-6-4-14(5-7-17)18(23-8-2-3-9-23)13-22-19(24)15-10-16(20)12-21-11-15/h4-7,10-12,18H,2-3,8-9,13H2,1H3,(H,22,24)/t18-/m0/s1. The second-order valence-electron chi connectivity index (χ2n) is 6.13. The number of rotatable bonds is 6. The number of hydrogen-bond donors (Lipinski definition) is 1. The molecule has 1 aromatic heterocycles. The van der Waals surface area contributed by atoms with Crippen LogP contribution in [0.2, 0.25) is 0 Å². The van der Waals surface area contributed by atoms with Crippen LogP contribution in [0, 0.1) is 0 Å². The summed E-state index contributed by atoms with van der Waals surface area (Å²) >= 11 is 3.35. The zero-order valence-electron chi connectivity index (χ0n) is 14.2. The number of pyridine rings is 1. The van der Waals surface area contributed by atoms with Gasteiger partial charge in [-0.2, -0.15) is 0 Å². The van der Waals surface area contributed by atoms with Gasteiger partial charge in [-0.25, -0.2) is 0 Å². The molecule has 0 saturated carbocycles. The average Bonchev–Trinajstić information content (AvgIpc) is 3.16. The normalized spacial score (nSPS) is 15.8. The number of carbonyl (C=O) groups is 1. The Morgan fingerprint density at radius 1 is 1.28 bits per heavy atom. The summed E-state index contributed by atoms with van der Waals surface area (Å²) in [6.07, 6.45) is 5.66. The minimum absolute atomic E-state index is 0.105. The molecule has 1 atom stereocenters. The molecular formula is C19H22BrN3O2. The van der Waals surface area contributed by atoms with Gasteiger partial charge in [0.25, 0.3) is 5.91 Å². The van der Waals surface area contributed by atoms with E-state index in [4.69, 9.17) is 4.74 Å². The molecule has 132 valence electrons. The molecule has 1 aromatic carbocycles. The van der Waals surface area contributed by atoms with Crippen molar-refractivity contribution in [3.05, 3.63) is 58.3 Å². The van der Waals surface area contributed by atoms with E-state index in [1.54, 1.807) is 25.6 Å². The molecule has 0 aliphatic carbocycles. The molecular weight excluding hydrogens is 382 g/mol. The van der Waals surface area contributed by atoms with E-state index in [0.29, 0.717) is 12.1 Å². The Morgan fingerprint density at radius 3 is 2.64 bits per heavy atom. The van der Waals surface area contributed by atoms with Crippen molar-refractivity contribution in [2.45, 2.75) is 18.9 Å². The number of aromatic nitrogens is 1. The highest BCUT2D eigenvalue weighted by atomic mass is 79.9. The number of ether oxygens (including phenoxy) is 1. The first-order valence-corrected chi connectivity index (χ1v) is 9.23. The van der Waals surface area contributed by atoms with Gasteiger partial charge in [-0.15, -0.1) is 0 Å². The maximum atomic E-state index is 12.4. The lowest BCUT2D eigenvalue weighted by Crippen LogP contribution is -2.36. The van der Waals surface area contributed by atoms with Gasteiger partial charge in [0.2, 0.25) is 0 Å². The van der Waals surface area contributed by atoms with Gasteiger partial charge in [0.05, 0.1) is 18.7 Å². The maximum absolute atomic E-state index is 12.4. The zero-order chi connectivity index (χ0) is 17.6. The summed E-state index contributed by atoms with van der Waals surface area (Å²) in [5, 5.41) is 3.06. The third-order valence-corrected chi connectivity index (χ3v) is 4.94. The van der Waals surface area contributed by atoms with Gasteiger partial charge in [-0.05, 0) is 65.6 Å². The summed E-state index contributed by atoms with van der Waals surface area (Å²) < 4.78 is 6.04. The Kier molecular flexibility index (Phi) is 6.04. The lowest BCUT2D eigenvalue weighted by atomic mass is 10.0. The third kappa shape index (κ3) is 4.58. The molecule has 0 unspecified atom stereocenters. The van der Waals surface area contributed by atoms with Crippen LogP contribution in [0.5, 0.6) is 5.75 Å². The van der Waals surface area contributed by atoms with Crippen molar-refractivity contribution >= 4 is 21.8 Å². The first-order valence-electron chi connectivity index (χ1n) is 8.44. The van der Waals surface area contributed by atoms with Crippen molar-refractivity contribution in [2.75, 3.05) is 26.7 Å². The molecule has 5 nitrogen and oxygen atoms in total. The lowest BCUT2D eigenvalue weighted by molar-refractivity contribution is 0.0937. The van der Waals surface area contributed by atoms with Crippen molar-refractivity contribution < 1.29 is 9.53 Å². The number of halogens is 1. The molecule has 1 aliphatic rings. The van der Waals surface area contributed by atoms with E-state index in [1.807, 2.05) is 12.1 Å². The molecule has 1 aliphatic heterocycles. The molecule has 1 fully saturated rings. The Morgan fingerprint density at radius 2 is 2.00 bits per heavy atom. The van der Waals surface area contributed by atoms with Gasteiger partial charge in [0, 0.05) is 23.4 Å². The number of carbonyl (C=O) groups excluding carboxylic acids is 1. The number of benzene rings is 1. The van der Waals surface area contributed by atoms with E-state index < -0.39 is 0 Å². The number of nitrogens with one attached hydrogen (secondary N) is 1. The number of methoxy groups -OCH3 is 1. The van der Waals surface area contributed by atoms with Crippen molar-refractivity contribution in [1.29, 1.82) is 0 Å². The highest BCUT2D eigenvalue weighted by Gasteiger charge is 2.24. The second-order valence-corrected chi connectivity index (χ2v) is 7.05. The van der Waals surface area contributed by atoms with Gasteiger partial charge in [-0.3, -0.25) is 14.7 Å². The maximum Gasteiger partial charge on any atom is 0.252 e. The first kappa shape index (κ1) is 17.9. The van der Waals surface area contributed by atoms with E-state index in [9.17, 15) is 4.79 Å². The molecule has 6 heteroatoms. The Balaban J connectivity index is 1.72. The predicted molar refractivity (Wildman–Crippen MR) is 101 cm³/mol. The van der Waals surface area contributed by atoms with Gasteiger partial charge < -0.3 is 10.1 Å². The Hall–Kier alpha value is -1.92. The minimum atomic E-state index is -0.105. The van der Waals surface area contributed by atoms with Gasteiger partial charge in [-0.1, -0.05) is 12.1 Å². The van der Waals surface area contributed by atoms with E-state index >= 15 is 0 Å². The molecule has 1 saturated heterocycles. The predicted octanol–water partition coefficient (Wildman–Crippen LogP) is 3.42. The number of likely N-dealkylation sites (tertiary alicyclic amines) is 1. The monoisotopic (exact) mass is 403 g/mol. The number of hydrogen-bond acceptors (Lipinski definition) is 4. The number of amides is 1. The van der Waals surface area contributed by atoms with Crippen LogP contribution in [0.25, 0.3) is 0 Å². The topological polar surface area (TPSA) is 54.5 Å². The highest BCUT2D eigenvalue weighted by Crippen LogP contribution is 2.26. The summed E-state index contributed by atoms with van der Waals surface area (Å²) in [4.78, 5) is 18.9. The quantitative estimate of drug-likeness (QED) is 0.802. The largest absolute Gasteiger partial charge is 0.497 e. The molecule has 0 bridgehead atoms. The average molecular weight is 404 g/mol. The summed E-state index contributed by atoms with van der Waals surface area (Å²) in [7, 11) is 1.67. The van der Waals surface area contributed by atoms with Crippen LogP contribution in [0.15, 0.2) is 47.2 Å². The van der Waals surface area contributed by atoms with E-state index in [1.165, 1.54) is 18.4 Å². The van der Waals surface area contributed by atoms with Crippen molar-refractivity contribution in [3.8, 4) is 5.75 Å². The fraction of sp³-hybridized carbons (Fsp3) is 0.368. The van der Waals surface area contributed by atoms with Crippen LogP contribution in [-0.2, 0) is 0 Å². The molecule has 25 heavy (non-hydrogen) atoms. The molecule has 3 rings (SSSR count). The fourth-order valence-electron chi connectivity index (χ4n) is 3.16. The molecule has 2 aromatic rings. The van der Waals surface area contributed by atoms with Gasteiger partial charge >= 0.3 is 0 Å². The smallest absolute Gasteiger partial charge is 0.252 e. The number of nitrogens with zero attached hydrogens (tertiary/aromatic N) is 2. The van der Waals surface area contributed by atoms with Crippen LogP contribution in [0.4, 0.5) is 0 Å². The molecule has 1 N–H and O–H groups in total. The van der Waals surface area contributed by atoms with Gasteiger partial charge in [0.1, 0.15) is 5.75 Å². The SMILES string of the molecule is COc1ccc([C@H](CNC(=O)c2cncc(Br)c2)N2CCCC2)cc1. The van der Waals surface area contributed by atoms with E-state index in [-0.39, 0.29) is 11.9 Å². The Labute approximate surface area is 156 Å².